The van der Waals surface area contributed by atoms with E-state index in [1.165, 1.54) is 38.5 Å². The van der Waals surface area contributed by atoms with Gasteiger partial charge in [0, 0.05) is 23.3 Å². The quantitative estimate of drug-likeness (QED) is 0.824. The van der Waals surface area contributed by atoms with Crippen LogP contribution in [0.3, 0.4) is 0 Å². The van der Waals surface area contributed by atoms with Gasteiger partial charge in [-0.1, -0.05) is 62.8 Å². The highest BCUT2D eigenvalue weighted by Gasteiger charge is 2.19. The number of hydrogen-bond donors (Lipinski definition) is 1. The average Bonchev–Trinajstić information content (AvgIpc) is 2.75. The van der Waals surface area contributed by atoms with Crippen molar-refractivity contribution in [3.63, 3.8) is 0 Å². The number of aromatic nitrogens is 1. The summed E-state index contributed by atoms with van der Waals surface area (Å²) >= 11 is 0. The highest BCUT2D eigenvalue weighted by molar-refractivity contribution is 5.84. The fraction of sp³-hybridized carbons (Fsp3) is 0.500. The van der Waals surface area contributed by atoms with Gasteiger partial charge in [0.1, 0.15) is 0 Å². The molecule has 2 aromatic rings. The maximum absolute atomic E-state index is 10.6. The van der Waals surface area contributed by atoms with Crippen LogP contribution in [-0.2, 0) is 0 Å². The number of fused-ring (bicyclic) bond motifs is 1. The summed E-state index contributed by atoms with van der Waals surface area (Å²) < 4.78 is 0. The summed E-state index contributed by atoms with van der Waals surface area (Å²) in [5, 5.41) is 12.9. The van der Waals surface area contributed by atoms with E-state index in [1.807, 2.05) is 24.5 Å². The van der Waals surface area contributed by atoms with E-state index in [0.717, 1.165) is 22.8 Å². The van der Waals surface area contributed by atoms with Crippen LogP contribution in [0.4, 0.5) is 0 Å². The zero-order valence-corrected chi connectivity index (χ0v) is 12.0. The van der Waals surface area contributed by atoms with E-state index < -0.39 is 0 Å². The summed E-state index contributed by atoms with van der Waals surface area (Å²) in [6.45, 7) is 0. The van der Waals surface area contributed by atoms with Crippen LogP contribution in [0.2, 0.25) is 0 Å². The first-order valence-corrected chi connectivity index (χ1v) is 7.85. The number of pyridine rings is 1. The van der Waals surface area contributed by atoms with Crippen LogP contribution in [0.25, 0.3) is 10.8 Å². The fourth-order valence-electron chi connectivity index (χ4n) is 3.45. The molecular weight excluding hydrogens is 246 g/mol. The largest absolute Gasteiger partial charge is 0.388 e. The van der Waals surface area contributed by atoms with E-state index in [-0.39, 0.29) is 6.10 Å². The van der Waals surface area contributed by atoms with Crippen molar-refractivity contribution < 1.29 is 5.11 Å². The molecule has 1 aliphatic carbocycles. The lowest BCUT2D eigenvalue weighted by Crippen LogP contribution is -2.07. The molecule has 0 bridgehead atoms. The highest BCUT2D eigenvalue weighted by Crippen LogP contribution is 2.33. The van der Waals surface area contributed by atoms with Crippen molar-refractivity contribution in [1.82, 2.24) is 4.98 Å². The van der Waals surface area contributed by atoms with E-state index in [4.69, 9.17) is 0 Å². The first-order valence-electron chi connectivity index (χ1n) is 7.85. The molecule has 106 valence electrons. The fourth-order valence-corrected chi connectivity index (χ4v) is 3.45. The minimum absolute atomic E-state index is 0.378. The van der Waals surface area contributed by atoms with Gasteiger partial charge in [0.15, 0.2) is 0 Å². The summed E-state index contributed by atoms with van der Waals surface area (Å²) in [5.41, 5.74) is 0.993. The van der Waals surface area contributed by atoms with Crippen molar-refractivity contribution >= 4 is 10.8 Å². The Balaban J connectivity index is 1.79. The molecule has 1 aliphatic rings. The predicted octanol–water partition coefficient (Wildman–Crippen LogP) is 4.63. The third kappa shape index (κ3) is 3.01. The molecule has 2 heteroatoms. The molecule has 0 amide bonds. The molecule has 3 rings (SSSR count). The predicted molar refractivity (Wildman–Crippen MR) is 82.5 cm³/mol. The maximum atomic E-state index is 10.6. The van der Waals surface area contributed by atoms with E-state index >= 15 is 0 Å². The van der Waals surface area contributed by atoms with Gasteiger partial charge in [0.05, 0.1) is 6.10 Å². The number of hydrogen-bond acceptors (Lipinski definition) is 2. The Bertz CT molecular complexity index is 553. The monoisotopic (exact) mass is 269 g/mol. The molecule has 1 heterocycles. The van der Waals surface area contributed by atoms with Gasteiger partial charge >= 0.3 is 0 Å². The second kappa shape index (κ2) is 6.36. The summed E-state index contributed by atoms with van der Waals surface area (Å²) in [4.78, 5) is 4.29. The Kier molecular flexibility index (Phi) is 4.31. The van der Waals surface area contributed by atoms with Crippen LogP contribution in [0.5, 0.6) is 0 Å². The Morgan fingerprint density at radius 2 is 1.80 bits per heavy atom. The minimum Gasteiger partial charge on any atom is -0.388 e. The van der Waals surface area contributed by atoms with Crippen LogP contribution in [-0.4, -0.2) is 10.1 Å². The van der Waals surface area contributed by atoms with E-state index in [1.54, 1.807) is 0 Å². The summed E-state index contributed by atoms with van der Waals surface area (Å²) in [6, 6.07) is 8.20. The van der Waals surface area contributed by atoms with Gasteiger partial charge in [-0.15, -0.1) is 0 Å². The zero-order chi connectivity index (χ0) is 13.8. The lowest BCUT2D eigenvalue weighted by Gasteiger charge is -2.19. The van der Waals surface area contributed by atoms with Crippen molar-refractivity contribution in [3.8, 4) is 0 Å². The third-order valence-corrected chi connectivity index (χ3v) is 4.59. The number of aliphatic hydroxyl groups is 1. The van der Waals surface area contributed by atoms with Crippen LogP contribution in [0.15, 0.2) is 36.7 Å². The van der Waals surface area contributed by atoms with E-state index in [0.29, 0.717) is 5.92 Å². The first-order chi connectivity index (χ1) is 9.84. The Morgan fingerprint density at radius 1 is 1.05 bits per heavy atom. The van der Waals surface area contributed by atoms with Crippen molar-refractivity contribution in [3.05, 3.63) is 42.2 Å². The number of benzene rings is 1. The van der Waals surface area contributed by atoms with Crippen molar-refractivity contribution in [2.75, 3.05) is 0 Å². The van der Waals surface area contributed by atoms with Gasteiger partial charge in [0.25, 0.3) is 0 Å². The second-order valence-electron chi connectivity index (χ2n) is 6.06. The standard InChI is InChI=1S/C18H23NO/c20-18(11-14-7-3-1-2-4-8-14)17-13-19-12-15-9-5-6-10-16(15)17/h5-6,9-10,12-14,18,20H,1-4,7-8,11H2. The molecule has 1 fully saturated rings. The summed E-state index contributed by atoms with van der Waals surface area (Å²) in [6.07, 6.45) is 12.1. The summed E-state index contributed by atoms with van der Waals surface area (Å²) in [5.74, 6) is 0.673. The maximum Gasteiger partial charge on any atom is 0.0813 e. The van der Waals surface area contributed by atoms with Crippen LogP contribution >= 0.6 is 0 Å². The van der Waals surface area contributed by atoms with Gasteiger partial charge < -0.3 is 5.11 Å². The topological polar surface area (TPSA) is 33.1 Å². The smallest absolute Gasteiger partial charge is 0.0813 e. The van der Waals surface area contributed by atoms with Gasteiger partial charge in [-0.3, -0.25) is 4.98 Å². The van der Waals surface area contributed by atoms with E-state index in [2.05, 4.69) is 17.1 Å². The molecule has 1 atom stereocenters. The zero-order valence-electron chi connectivity index (χ0n) is 12.0. The van der Waals surface area contributed by atoms with Crippen molar-refractivity contribution in [2.45, 2.75) is 51.0 Å². The molecule has 0 aliphatic heterocycles. The van der Waals surface area contributed by atoms with E-state index in [9.17, 15) is 5.11 Å². The van der Waals surface area contributed by atoms with Crippen LogP contribution in [0, 0.1) is 5.92 Å². The molecule has 1 N–H and O–H groups in total. The molecule has 1 aromatic heterocycles. The average molecular weight is 269 g/mol. The van der Waals surface area contributed by atoms with Gasteiger partial charge in [-0.25, -0.2) is 0 Å². The third-order valence-electron chi connectivity index (χ3n) is 4.59. The van der Waals surface area contributed by atoms with Gasteiger partial charge in [-0.2, -0.15) is 0 Å². The molecule has 2 nitrogen and oxygen atoms in total. The first kappa shape index (κ1) is 13.6. The molecule has 0 radical (unpaired) electrons. The van der Waals surface area contributed by atoms with Gasteiger partial charge in [-0.05, 0) is 17.7 Å². The van der Waals surface area contributed by atoms with Crippen LogP contribution in [0.1, 0.15) is 56.6 Å². The number of nitrogens with zero attached hydrogens (tertiary/aromatic N) is 1. The Hall–Kier alpha value is -1.41. The molecule has 0 saturated heterocycles. The second-order valence-corrected chi connectivity index (χ2v) is 6.06. The lowest BCUT2D eigenvalue weighted by atomic mass is 9.90. The Labute approximate surface area is 120 Å². The lowest BCUT2D eigenvalue weighted by molar-refractivity contribution is 0.140. The molecule has 1 saturated carbocycles. The molecule has 0 spiro atoms. The van der Waals surface area contributed by atoms with Crippen molar-refractivity contribution in [2.24, 2.45) is 5.92 Å². The highest BCUT2D eigenvalue weighted by atomic mass is 16.3. The summed E-state index contributed by atoms with van der Waals surface area (Å²) in [7, 11) is 0. The minimum atomic E-state index is -0.378. The molecule has 20 heavy (non-hydrogen) atoms. The molecule has 1 unspecified atom stereocenters. The molecule has 1 aromatic carbocycles. The van der Waals surface area contributed by atoms with Crippen LogP contribution < -0.4 is 0 Å². The Morgan fingerprint density at radius 3 is 2.60 bits per heavy atom. The number of aliphatic hydroxyl groups excluding tert-OH is 1. The SMILES string of the molecule is OC(CC1CCCCCC1)c1cncc2ccccc12. The normalized spacial score (nSPS) is 18.9. The van der Waals surface area contributed by atoms with Crippen molar-refractivity contribution in [1.29, 1.82) is 0 Å². The van der Waals surface area contributed by atoms with Gasteiger partial charge in [0.2, 0.25) is 0 Å². The molecular formula is C18H23NO. The number of rotatable bonds is 3.